The minimum atomic E-state index is -1.50. The van der Waals surface area contributed by atoms with Gasteiger partial charge in [0.2, 0.25) is 0 Å². The van der Waals surface area contributed by atoms with Crippen molar-refractivity contribution in [3.05, 3.63) is 101 Å². The summed E-state index contributed by atoms with van der Waals surface area (Å²) in [6, 6.07) is 1.51. The molecule has 0 aliphatic heterocycles. The first-order valence-corrected chi connectivity index (χ1v) is 17.5. The lowest BCUT2D eigenvalue weighted by Gasteiger charge is -2.22. The number of ether oxygens (including phenoxy) is 4. The number of phenols is 1. The summed E-state index contributed by atoms with van der Waals surface area (Å²) in [6.45, 7) is 15.2. The summed E-state index contributed by atoms with van der Waals surface area (Å²) >= 11 is 3.21. The van der Waals surface area contributed by atoms with Gasteiger partial charge in [-0.3, -0.25) is 9.59 Å². The quantitative estimate of drug-likeness (QED) is 0.104. The number of aryl methyl sites for hydroxylation is 1. The second-order valence-electron chi connectivity index (χ2n) is 12.7. The molecule has 0 radical (unpaired) electrons. The molecule has 280 valence electrons. The summed E-state index contributed by atoms with van der Waals surface area (Å²) in [6.07, 6.45) is 2.86. The molecule has 0 saturated heterocycles. The maximum absolute atomic E-state index is 13.8. The van der Waals surface area contributed by atoms with Crippen molar-refractivity contribution in [3.63, 3.8) is 0 Å². The number of carbonyl (C=O) groups excluding carboxylic acids is 4. The van der Waals surface area contributed by atoms with Crippen LogP contribution in [0.1, 0.15) is 95.0 Å². The molecule has 53 heavy (non-hydrogen) atoms. The molecule has 0 saturated carbocycles. The van der Waals surface area contributed by atoms with E-state index < -0.39 is 41.3 Å². The molecule has 4 rings (SSSR count). The number of hydrogen-bond acceptors (Lipinski definition) is 11. The predicted molar refractivity (Wildman–Crippen MR) is 197 cm³/mol. The van der Waals surface area contributed by atoms with Crippen molar-refractivity contribution in [1.29, 1.82) is 0 Å². The Morgan fingerprint density at radius 3 is 1.79 bits per heavy atom. The lowest BCUT2D eigenvalue weighted by Crippen LogP contribution is -2.32. The second kappa shape index (κ2) is 15.7. The average molecular weight is 794 g/mol. The summed E-state index contributed by atoms with van der Waals surface area (Å²) in [7, 11) is 1.23. The monoisotopic (exact) mass is 792 g/mol. The van der Waals surface area contributed by atoms with E-state index in [0.717, 1.165) is 12.2 Å². The number of aromatic hydroxyl groups is 1. The summed E-state index contributed by atoms with van der Waals surface area (Å²) in [4.78, 5) is 65.2. The highest BCUT2D eigenvalue weighted by molar-refractivity contribution is 9.10. The largest absolute Gasteiger partial charge is 0.508 e. The zero-order chi connectivity index (χ0) is 39.8. The predicted octanol–water partition coefficient (Wildman–Crippen LogP) is 7.65. The number of ketones is 1. The molecule has 3 aromatic carbocycles. The van der Waals surface area contributed by atoms with Gasteiger partial charge >= 0.3 is 23.9 Å². The highest BCUT2D eigenvalue weighted by Gasteiger charge is 2.37. The van der Waals surface area contributed by atoms with Crippen LogP contribution in [0.2, 0.25) is 0 Å². The Bertz CT molecular complexity index is 2110. The minimum absolute atomic E-state index is 0.122. The maximum atomic E-state index is 13.8. The molecule has 0 bridgehead atoms. The van der Waals surface area contributed by atoms with Crippen LogP contribution in [0.25, 0.3) is 0 Å². The SMILES string of the molecule is CCc1c(C)c(C(=O)O)c(C)c(CC)c1OC(=O)c1c(C)cc(OC(=O)c2c(C)c(C)c(OC(=O)C3C(=O)C=C(O)C=C3OC)c(Br)c2O)c(C)c1C. The number of benzene rings is 3. The van der Waals surface area contributed by atoms with E-state index in [1.54, 1.807) is 41.5 Å². The molecule has 1 aliphatic rings. The van der Waals surface area contributed by atoms with Gasteiger partial charge in [0.15, 0.2) is 17.5 Å². The van der Waals surface area contributed by atoms with Gasteiger partial charge in [0.25, 0.3) is 0 Å². The van der Waals surface area contributed by atoms with Crippen LogP contribution in [-0.4, -0.2) is 52.1 Å². The molecule has 0 aromatic heterocycles. The number of methoxy groups -OCH3 is 1. The van der Waals surface area contributed by atoms with Crippen LogP contribution in [0.3, 0.4) is 0 Å². The standard InChI is InChI=1S/C40H41BrO12/c1-11-24-21(8)30(37(45)46)22(9)25(12-2)36(24)53-38(47)29-16(3)13-27(17(4)18(29)5)51-39(48)31-19(6)20(7)35(33(41)34(31)44)52-40(49)32-26(43)14-23(42)15-28(32)50-10/h13-15,32,42,44H,11-12H2,1-10H3,(H,45,46). The van der Waals surface area contributed by atoms with Gasteiger partial charge in [-0.25, -0.2) is 14.4 Å². The van der Waals surface area contributed by atoms with E-state index in [2.05, 4.69) is 15.9 Å². The van der Waals surface area contributed by atoms with Gasteiger partial charge in [-0.05, 0) is 133 Å². The zero-order valence-electron chi connectivity index (χ0n) is 31.1. The van der Waals surface area contributed by atoms with Gasteiger partial charge in [-0.2, -0.15) is 0 Å². The van der Waals surface area contributed by atoms with Crippen molar-refractivity contribution in [2.24, 2.45) is 5.92 Å². The fraction of sp³-hybridized carbons (Fsp3) is 0.325. The van der Waals surface area contributed by atoms with E-state index >= 15 is 0 Å². The maximum Gasteiger partial charge on any atom is 0.347 e. The number of carboxylic acids is 1. The first kappa shape index (κ1) is 40.3. The number of aliphatic hydroxyl groups excluding tert-OH is 1. The van der Waals surface area contributed by atoms with Crippen molar-refractivity contribution < 1.29 is 58.2 Å². The molecule has 3 aromatic rings. The van der Waals surface area contributed by atoms with Crippen LogP contribution in [0, 0.1) is 54.4 Å². The van der Waals surface area contributed by atoms with Gasteiger partial charge < -0.3 is 34.3 Å². The van der Waals surface area contributed by atoms with E-state index in [4.69, 9.17) is 18.9 Å². The normalized spacial score (nSPS) is 13.9. The fourth-order valence-electron chi connectivity index (χ4n) is 6.66. The molecular formula is C40H41BrO12. The third-order valence-electron chi connectivity index (χ3n) is 9.72. The highest BCUT2D eigenvalue weighted by Crippen LogP contribution is 2.44. The number of esters is 3. The Labute approximate surface area is 315 Å². The minimum Gasteiger partial charge on any atom is -0.508 e. The van der Waals surface area contributed by atoms with E-state index in [-0.39, 0.29) is 55.3 Å². The summed E-state index contributed by atoms with van der Waals surface area (Å²) < 4.78 is 22.3. The van der Waals surface area contributed by atoms with Crippen molar-refractivity contribution in [3.8, 4) is 23.0 Å². The molecular weight excluding hydrogens is 752 g/mol. The second-order valence-corrected chi connectivity index (χ2v) is 13.5. The average Bonchev–Trinajstić information content (AvgIpc) is 3.07. The molecule has 0 amide bonds. The Hall–Kier alpha value is -5.43. The number of aliphatic hydroxyl groups is 1. The zero-order valence-corrected chi connectivity index (χ0v) is 32.7. The van der Waals surface area contributed by atoms with Crippen LogP contribution < -0.4 is 14.2 Å². The van der Waals surface area contributed by atoms with Crippen LogP contribution in [0.15, 0.2) is 34.2 Å². The first-order valence-electron chi connectivity index (χ1n) is 16.7. The van der Waals surface area contributed by atoms with Gasteiger partial charge in [0.05, 0.1) is 18.2 Å². The smallest absolute Gasteiger partial charge is 0.347 e. The summed E-state index contributed by atoms with van der Waals surface area (Å²) in [5.74, 6) is -6.72. The molecule has 3 N–H and O–H groups in total. The number of halogens is 1. The van der Waals surface area contributed by atoms with Crippen LogP contribution in [-0.2, 0) is 27.2 Å². The number of rotatable bonds is 10. The van der Waals surface area contributed by atoms with E-state index in [9.17, 15) is 39.3 Å². The van der Waals surface area contributed by atoms with Crippen LogP contribution in [0.5, 0.6) is 23.0 Å². The highest BCUT2D eigenvalue weighted by atomic mass is 79.9. The van der Waals surface area contributed by atoms with Crippen molar-refractivity contribution in [2.45, 2.75) is 75.2 Å². The first-order chi connectivity index (χ1) is 24.8. The Morgan fingerprint density at radius 1 is 0.717 bits per heavy atom. The molecule has 1 atom stereocenters. The number of carbonyl (C=O) groups is 5. The fourth-order valence-corrected chi connectivity index (χ4v) is 7.23. The van der Waals surface area contributed by atoms with E-state index in [0.29, 0.717) is 57.5 Å². The van der Waals surface area contributed by atoms with E-state index in [1.807, 2.05) is 13.8 Å². The summed E-state index contributed by atoms with van der Waals surface area (Å²) in [5, 5.41) is 30.8. The third kappa shape index (κ3) is 7.30. The van der Waals surface area contributed by atoms with Gasteiger partial charge in [0, 0.05) is 12.2 Å². The third-order valence-corrected chi connectivity index (χ3v) is 10.5. The number of hydrogen-bond donors (Lipinski definition) is 3. The molecule has 0 heterocycles. The Balaban J connectivity index is 1.67. The van der Waals surface area contributed by atoms with E-state index in [1.165, 1.54) is 20.1 Å². The number of phenolic OH excluding ortho intramolecular Hbond substituents is 1. The number of aromatic carboxylic acids is 1. The molecule has 1 aliphatic carbocycles. The van der Waals surface area contributed by atoms with Crippen LogP contribution in [0.4, 0.5) is 0 Å². The molecule has 0 spiro atoms. The van der Waals surface area contributed by atoms with Crippen LogP contribution >= 0.6 is 15.9 Å². The lowest BCUT2D eigenvalue weighted by molar-refractivity contribution is -0.142. The van der Waals surface area contributed by atoms with Gasteiger partial charge in [-0.1, -0.05) is 13.8 Å². The lowest BCUT2D eigenvalue weighted by atomic mass is 9.89. The number of allylic oxidation sites excluding steroid dienone is 2. The molecule has 1 unspecified atom stereocenters. The topological polar surface area (TPSA) is 183 Å². The Morgan fingerprint density at radius 2 is 1.26 bits per heavy atom. The number of carboxylic acid groups (broad SMARTS) is 1. The molecule has 13 heteroatoms. The van der Waals surface area contributed by atoms with Crippen molar-refractivity contribution in [2.75, 3.05) is 7.11 Å². The van der Waals surface area contributed by atoms with Crippen molar-refractivity contribution in [1.82, 2.24) is 0 Å². The van der Waals surface area contributed by atoms with Crippen molar-refractivity contribution >= 4 is 45.6 Å². The molecule has 12 nitrogen and oxygen atoms in total. The van der Waals surface area contributed by atoms with Gasteiger partial charge in [0.1, 0.15) is 38.8 Å². The van der Waals surface area contributed by atoms with Gasteiger partial charge in [-0.15, -0.1) is 0 Å². The summed E-state index contributed by atoms with van der Waals surface area (Å²) in [5.41, 5.74) is 4.43. The molecule has 0 fully saturated rings. The Kier molecular flexibility index (Phi) is 11.9.